The van der Waals surface area contributed by atoms with E-state index in [2.05, 4.69) is 0 Å². The fourth-order valence-corrected chi connectivity index (χ4v) is 2.04. The number of urea groups is 1. The Morgan fingerprint density at radius 2 is 2.06 bits per heavy atom. The normalized spacial score (nSPS) is 11.1. The molecular weight excluding hydrogens is 234 g/mol. The first-order valence-corrected chi connectivity index (χ1v) is 5.69. The lowest BCUT2D eigenvalue weighted by Gasteiger charge is -2.09. The van der Waals surface area contributed by atoms with Gasteiger partial charge in [0.25, 0.3) is 10.0 Å². The van der Waals surface area contributed by atoms with Crippen LogP contribution in [0.5, 0.6) is 5.75 Å². The zero-order valence-corrected chi connectivity index (χ0v) is 9.21. The number of nitrogens with one attached hydrogen (secondary N) is 2. The Morgan fingerprint density at radius 3 is 2.62 bits per heavy atom. The second-order valence-electron chi connectivity index (χ2n) is 3.02. The van der Waals surface area contributed by atoms with Crippen molar-refractivity contribution in [3.05, 3.63) is 23.8 Å². The molecule has 0 aliphatic heterocycles. The van der Waals surface area contributed by atoms with Gasteiger partial charge < -0.3 is 10.8 Å². The van der Waals surface area contributed by atoms with E-state index in [9.17, 15) is 18.3 Å². The number of hydrogen-bond donors (Lipinski definition) is 4. The average molecular weight is 245 g/mol. The van der Waals surface area contributed by atoms with Crippen molar-refractivity contribution in [2.75, 3.05) is 0 Å². The number of hydrogen-bond acceptors (Lipinski definition) is 4. The summed E-state index contributed by atoms with van der Waals surface area (Å²) in [5.41, 5.74) is 6.83. The van der Waals surface area contributed by atoms with Gasteiger partial charge in [0, 0.05) is 0 Å². The Bertz CT molecular complexity index is 512. The van der Waals surface area contributed by atoms with Crippen LogP contribution in [0.25, 0.3) is 0 Å². The number of carbonyl (C=O) groups is 1. The molecule has 2 amide bonds. The van der Waals surface area contributed by atoms with Crippen LogP contribution in [0.15, 0.2) is 23.1 Å². The monoisotopic (exact) mass is 245 g/mol. The number of phenols is 1. The molecule has 8 heteroatoms. The predicted molar refractivity (Wildman–Crippen MR) is 55.9 cm³/mol. The minimum atomic E-state index is -4.02. The molecule has 0 fully saturated rings. The largest absolute Gasteiger partial charge is 0.506 e. The second kappa shape index (κ2) is 4.37. The topological polar surface area (TPSA) is 122 Å². The van der Waals surface area contributed by atoms with E-state index >= 15 is 0 Å². The van der Waals surface area contributed by atoms with Crippen molar-refractivity contribution >= 4 is 16.1 Å². The summed E-state index contributed by atoms with van der Waals surface area (Å²) in [6, 6.07) is 3.17. The first-order chi connectivity index (χ1) is 7.34. The number of para-hydroxylation sites is 1. The fraction of sp³-hybridized carbons (Fsp3) is 0.125. The van der Waals surface area contributed by atoms with E-state index in [4.69, 9.17) is 5.73 Å². The van der Waals surface area contributed by atoms with Crippen molar-refractivity contribution < 1.29 is 18.3 Å². The molecule has 88 valence electrons. The lowest BCUT2D eigenvalue weighted by Crippen LogP contribution is -2.44. The highest BCUT2D eigenvalue weighted by Gasteiger charge is 2.19. The van der Waals surface area contributed by atoms with Crippen molar-refractivity contribution in [1.29, 1.82) is 0 Å². The van der Waals surface area contributed by atoms with Gasteiger partial charge in [-0.2, -0.15) is 0 Å². The number of amides is 2. The van der Waals surface area contributed by atoms with Gasteiger partial charge in [0.05, 0.1) is 0 Å². The van der Waals surface area contributed by atoms with Crippen molar-refractivity contribution in [3.63, 3.8) is 0 Å². The number of aromatic hydroxyl groups is 1. The van der Waals surface area contributed by atoms with Gasteiger partial charge in [-0.25, -0.2) is 13.2 Å². The molecule has 0 aliphatic rings. The molecule has 0 bridgehead atoms. The van der Waals surface area contributed by atoms with Crippen LogP contribution >= 0.6 is 0 Å². The molecule has 0 heterocycles. The smallest absolute Gasteiger partial charge is 0.327 e. The number of rotatable bonds is 3. The van der Waals surface area contributed by atoms with E-state index in [-0.39, 0.29) is 10.6 Å². The third kappa shape index (κ3) is 2.61. The molecule has 1 aromatic rings. The molecule has 0 spiro atoms. The van der Waals surface area contributed by atoms with Crippen LogP contribution in [0, 0.1) is 6.92 Å². The first kappa shape index (κ1) is 12.3. The lowest BCUT2D eigenvalue weighted by atomic mass is 10.2. The highest BCUT2D eigenvalue weighted by molar-refractivity contribution is 7.89. The molecule has 0 saturated carbocycles. The summed E-state index contributed by atoms with van der Waals surface area (Å²) in [4.78, 5) is 11.7. The van der Waals surface area contributed by atoms with Crippen molar-refractivity contribution in [2.24, 2.45) is 5.73 Å². The Kier molecular flexibility index (Phi) is 3.35. The maximum absolute atomic E-state index is 11.6. The maximum Gasteiger partial charge on any atom is 0.327 e. The van der Waals surface area contributed by atoms with Crippen LogP contribution in [0.4, 0.5) is 4.79 Å². The SMILES string of the molecule is Cc1cccc(S(=O)(=O)NNC(N)=O)c1O. The summed E-state index contributed by atoms with van der Waals surface area (Å²) < 4.78 is 23.1. The van der Waals surface area contributed by atoms with Gasteiger partial charge in [0.1, 0.15) is 10.6 Å². The summed E-state index contributed by atoms with van der Waals surface area (Å²) in [5, 5.41) is 9.54. The van der Waals surface area contributed by atoms with E-state index in [1.165, 1.54) is 12.1 Å². The molecule has 5 N–H and O–H groups in total. The average Bonchev–Trinajstić information content (AvgIpc) is 2.19. The number of sulfonamides is 1. The number of benzene rings is 1. The number of carbonyl (C=O) groups excluding carboxylic acids is 1. The summed E-state index contributed by atoms with van der Waals surface area (Å²) in [7, 11) is -4.02. The summed E-state index contributed by atoms with van der Waals surface area (Å²) in [6.07, 6.45) is 0. The van der Waals surface area contributed by atoms with Crippen LogP contribution in [0.1, 0.15) is 5.56 Å². The third-order valence-corrected chi connectivity index (χ3v) is 3.08. The number of nitrogens with two attached hydrogens (primary N) is 1. The molecule has 0 unspecified atom stereocenters. The van der Waals surface area contributed by atoms with Crippen LogP contribution < -0.4 is 16.0 Å². The van der Waals surface area contributed by atoms with E-state index in [0.717, 1.165) is 0 Å². The van der Waals surface area contributed by atoms with Gasteiger partial charge in [-0.05, 0) is 18.6 Å². The Hall–Kier alpha value is -1.80. The van der Waals surface area contributed by atoms with Crippen LogP contribution in [-0.2, 0) is 10.0 Å². The van der Waals surface area contributed by atoms with Crippen molar-refractivity contribution in [1.82, 2.24) is 10.3 Å². The van der Waals surface area contributed by atoms with Gasteiger partial charge in [-0.1, -0.05) is 12.1 Å². The van der Waals surface area contributed by atoms with E-state index in [1.54, 1.807) is 23.2 Å². The van der Waals surface area contributed by atoms with Gasteiger partial charge in [0.2, 0.25) is 0 Å². The molecule has 0 saturated heterocycles. The Morgan fingerprint density at radius 1 is 1.44 bits per heavy atom. The highest BCUT2D eigenvalue weighted by Crippen LogP contribution is 2.25. The standard InChI is InChI=1S/C8H11N3O4S/c1-5-3-2-4-6(7(5)12)16(14,15)11-10-8(9)13/h2-4,11-12H,1H3,(H3,9,10,13). The predicted octanol–water partition coefficient (Wildman–Crippen LogP) is -0.438. The van der Waals surface area contributed by atoms with Crippen molar-refractivity contribution in [3.8, 4) is 5.75 Å². The van der Waals surface area contributed by atoms with Crippen LogP contribution in [0.3, 0.4) is 0 Å². The van der Waals surface area contributed by atoms with Gasteiger partial charge >= 0.3 is 6.03 Å². The minimum Gasteiger partial charge on any atom is -0.506 e. The number of primary amides is 1. The van der Waals surface area contributed by atoms with Gasteiger partial charge in [-0.15, -0.1) is 4.83 Å². The summed E-state index contributed by atoms with van der Waals surface area (Å²) >= 11 is 0. The molecule has 0 aromatic heterocycles. The van der Waals surface area contributed by atoms with Gasteiger partial charge in [-0.3, -0.25) is 5.43 Å². The Labute approximate surface area is 92.3 Å². The molecule has 7 nitrogen and oxygen atoms in total. The Balaban J connectivity index is 3.08. The molecular formula is C8H11N3O4S. The number of hydrazine groups is 1. The summed E-state index contributed by atoms with van der Waals surface area (Å²) in [6.45, 7) is 1.55. The zero-order valence-electron chi connectivity index (χ0n) is 8.39. The van der Waals surface area contributed by atoms with E-state index in [0.29, 0.717) is 5.56 Å². The lowest BCUT2D eigenvalue weighted by molar-refractivity contribution is 0.247. The zero-order chi connectivity index (χ0) is 12.3. The molecule has 1 rings (SSSR count). The van der Waals surface area contributed by atoms with E-state index < -0.39 is 16.1 Å². The minimum absolute atomic E-state index is 0.332. The van der Waals surface area contributed by atoms with Gasteiger partial charge in [0.15, 0.2) is 0 Å². The quantitative estimate of drug-likeness (QED) is 0.539. The first-order valence-electron chi connectivity index (χ1n) is 4.20. The van der Waals surface area contributed by atoms with E-state index in [1.807, 2.05) is 0 Å². The summed E-state index contributed by atoms with van der Waals surface area (Å²) in [5.74, 6) is -0.374. The third-order valence-electron chi connectivity index (χ3n) is 1.80. The number of phenolic OH excluding ortho intramolecular Hbond substituents is 1. The molecule has 0 radical (unpaired) electrons. The maximum atomic E-state index is 11.6. The molecule has 1 aromatic carbocycles. The van der Waals surface area contributed by atoms with Crippen LogP contribution in [0.2, 0.25) is 0 Å². The molecule has 16 heavy (non-hydrogen) atoms. The fourth-order valence-electron chi connectivity index (χ4n) is 1.02. The number of aryl methyl sites for hydroxylation is 1. The van der Waals surface area contributed by atoms with Crippen LogP contribution in [-0.4, -0.2) is 19.6 Å². The molecule has 0 aliphatic carbocycles. The second-order valence-corrected chi connectivity index (χ2v) is 4.67. The molecule has 0 atom stereocenters. The highest BCUT2D eigenvalue weighted by atomic mass is 32.2. The van der Waals surface area contributed by atoms with Crippen molar-refractivity contribution in [2.45, 2.75) is 11.8 Å².